The lowest BCUT2D eigenvalue weighted by atomic mass is 10.0. The Morgan fingerprint density at radius 2 is 2.18 bits per heavy atom. The normalized spacial score (nSPS) is 10.7. The highest BCUT2D eigenvalue weighted by atomic mass is 16.4. The molecule has 88 valence electrons. The van der Waals surface area contributed by atoms with E-state index in [1.165, 1.54) is 6.07 Å². The van der Waals surface area contributed by atoms with Crippen LogP contribution in [0, 0.1) is 6.92 Å². The Morgan fingerprint density at radius 1 is 1.47 bits per heavy atom. The molecule has 0 saturated carbocycles. The zero-order valence-electron chi connectivity index (χ0n) is 9.91. The Balaban J connectivity index is 2.84. The average Bonchev–Trinajstić information content (AvgIpc) is 2.21. The van der Waals surface area contributed by atoms with Gasteiger partial charge in [0.15, 0.2) is 0 Å². The van der Waals surface area contributed by atoms with Gasteiger partial charge in [0.05, 0.1) is 0 Å². The molecule has 0 unspecified atom stereocenters. The van der Waals surface area contributed by atoms with E-state index in [2.05, 4.69) is 6.58 Å². The highest BCUT2D eigenvalue weighted by Crippen LogP contribution is 2.29. The molecule has 1 heterocycles. The molecule has 3 nitrogen and oxygen atoms in total. The van der Waals surface area contributed by atoms with Crippen molar-refractivity contribution in [2.24, 2.45) is 0 Å². The van der Waals surface area contributed by atoms with Crippen molar-refractivity contribution in [3.05, 3.63) is 51.9 Å². The van der Waals surface area contributed by atoms with Crippen LogP contribution in [-0.4, -0.2) is 5.11 Å². The number of allylic oxidation sites excluding steroid dienone is 1. The summed E-state index contributed by atoms with van der Waals surface area (Å²) in [6.45, 7) is 7.53. The van der Waals surface area contributed by atoms with Crippen LogP contribution in [0.15, 0.2) is 39.6 Å². The number of phenolic OH excluding ortho intramolecular Hbond substituents is 1. The van der Waals surface area contributed by atoms with Crippen molar-refractivity contribution in [1.29, 1.82) is 0 Å². The third-order valence-electron chi connectivity index (χ3n) is 2.68. The number of fused-ring (bicyclic) bond motifs is 1. The van der Waals surface area contributed by atoms with Crippen LogP contribution in [-0.2, 0) is 6.42 Å². The third-order valence-corrected chi connectivity index (χ3v) is 2.68. The van der Waals surface area contributed by atoms with Crippen molar-refractivity contribution in [1.82, 2.24) is 0 Å². The molecule has 0 atom stereocenters. The summed E-state index contributed by atoms with van der Waals surface area (Å²) >= 11 is 0. The van der Waals surface area contributed by atoms with Gasteiger partial charge in [-0.05, 0) is 31.5 Å². The lowest BCUT2D eigenvalue weighted by molar-refractivity contribution is 0.466. The highest BCUT2D eigenvalue weighted by molar-refractivity contribution is 5.85. The Bertz CT molecular complexity index is 650. The number of benzene rings is 1. The maximum Gasteiger partial charge on any atom is 0.336 e. The van der Waals surface area contributed by atoms with Gasteiger partial charge in [-0.15, -0.1) is 0 Å². The minimum Gasteiger partial charge on any atom is -0.508 e. The predicted octanol–water partition coefficient (Wildman–Crippen LogP) is 2.93. The second kappa shape index (κ2) is 4.09. The monoisotopic (exact) mass is 230 g/mol. The number of hydrogen-bond donors (Lipinski definition) is 1. The molecule has 17 heavy (non-hydrogen) atoms. The predicted molar refractivity (Wildman–Crippen MR) is 67.4 cm³/mol. The summed E-state index contributed by atoms with van der Waals surface area (Å²) in [6.07, 6.45) is 0.496. The number of aryl methyl sites for hydroxylation is 1. The zero-order chi connectivity index (χ0) is 12.6. The lowest BCUT2D eigenvalue weighted by Crippen LogP contribution is -2.00. The van der Waals surface area contributed by atoms with Gasteiger partial charge < -0.3 is 9.52 Å². The quantitative estimate of drug-likeness (QED) is 0.637. The van der Waals surface area contributed by atoms with E-state index in [1.54, 1.807) is 12.1 Å². The molecule has 3 heteroatoms. The minimum atomic E-state index is -0.399. The first-order chi connectivity index (χ1) is 7.99. The van der Waals surface area contributed by atoms with Gasteiger partial charge in [0.1, 0.15) is 11.3 Å². The van der Waals surface area contributed by atoms with E-state index < -0.39 is 5.63 Å². The first-order valence-electron chi connectivity index (χ1n) is 5.38. The van der Waals surface area contributed by atoms with E-state index in [0.29, 0.717) is 17.6 Å². The number of phenols is 1. The van der Waals surface area contributed by atoms with Crippen molar-refractivity contribution in [3.8, 4) is 5.75 Å². The van der Waals surface area contributed by atoms with Crippen LogP contribution in [0.1, 0.15) is 18.1 Å². The van der Waals surface area contributed by atoms with Crippen LogP contribution >= 0.6 is 0 Å². The van der Waals surface area contributed by atoms with E-state index in [1.807, 2.05) is 13.8 Å². The Hall–Kier alpha value is -2.03. The smallest absolute Gasteiger partial charge is 0.336 e. The second-order valence-electron chi connectivity index (χ2n) is 4.32. The largest absolute Gasteiger partial charge is 0.508 e. The van der Waals surface area contributed by atoms with Crippen LogP contribution in [0.2, 0.25) is 0 Å². The van der Waals surface area contributed by atoms with Crippen molar-refractivity contribution in [3.63, 3.8) is 0 Å². The van der Waals surface area contributed by atoms with Crippen molar-refractivity contribution in [2.75, 3.05) is 0 Å². The molecule has 0 aliphatic rings. The molecular weight excluding hydrogens is 216 g/mol. The molecule has 0 spiro atoms. The van der Waals surface area contributed by atoms with Gasteiger partial charge in [-0.3, -0.25) is 0 Å². The summed E-state index contributed by atoms with van der Waals surface area (Å²) in [5.41, 5.74) is 2.42. The number of hydrogen-bond acceptors (Lipinski definition) is 3. The van der Waals surface area contributed by atoms with E-state index in [9.17, 15) is 9.90 Å². The molecule has 1 aromatic carbocycles. The topological polar surface area (TPSA) is 50.4 Å². The molecule has 0 saturated heterocycles. The Labute approximate surface area is 99.0 Å². The summed E-state index contributed by atoms with van der Waals surface area (Å²) in [5.74, 6) is 0.134. The molecule has 0 bridgehead atoms. The maximum atomic E-state index is 11.4. The molecule has 2 aromatic rings. The fourth-order valence-corrected chi connectivity index (χ4v) is 1.90. The van der Waals surface area contributed by atoms with Crippen molar-refractivity contribution >= 4 is 11.0 Å². The van der Waals surface area contributed by atoms with Crippen LogP contribution in [0.4, 0.5) is 0 Å². The van der Waals surface area contributed by atoms with E-state index in [4.69, 9.17) is 4.42 Å². The molecule has 1 aromatic heterocycles. The SMILES string of the molecule is C=C(C)Cc1c(O)ccc2c(C)cc(=O)oc12. The minimum absolute atomic E-state index is 0.134. The van der Waals surface area contributed by atoms with Gasteiger partial charge in [-0.25, -0.2) is 4.79 Å². The number of aromatic hydroxyl groups is 1. The third kappa shape index (κ3) is 2.09. The molecule has 0 aliphatic carbocycles. The van der Waals surface area contributed by atoms with Gasteiger partial charge in [0.2, 0.25) is 0 Å². The van der Waals surface area contributed by atoms with Crippen LogP contribution < -0.4 is 5.63 Å². The fraction of sp³-hybridized carbons (Fsp3) is 0.214. The van der Waals surface area contributed by atoms with E-state index >= 15 is 0 Å². The van der Waals surface area contributed by atoms with Crippen LogP contribution in [0.3, 0.4) is 0 Å². The Kier molecular flexibility index (Phi) is 2.76. The summed E-state index contributed by atoms with van der Waals surface area (Å²) in [7, 11) is 0. The molecular formula is C14H14O3. The lowest BCUT2D eigenvalue weighted by Gasteiger charge is -2.08. The van der Waals surface area contributed by atoms with E-state index in [-0.39, 0.29) is 5.75 Å². The first-order valence-corrected chi connectivity index (χ1v) is 5.38. The van der Waals surface area contributed by atoms with Gasteiger partial charge >= 0.3 is 5.63 Å². The molecule has 0 aliphatic heterocycles. The standard InChI is InChI=1S/C14H14O3/c1-8(2)6-11-12(15)5-4-10-9(3)7-13(16)17-14(10)11/h4-5,7,15H,1,6H2,2-3H3. The van der Waals surface area contributed by atoms with Gasteiger partial charge in [0.25, 0.3) is 0 Å². The average molecular weight is 230 g/mol. The van der Waals surface area contributed by atoms with Crippen molar-refractivity contribution in [2.45, 2.75) is 20.3 Å². The first kappa shape index (κ1) is 11.5. The van der Waals surface area contributed by atoms with E-state index in [0.717, 1.165) is 16.5 Å². The number of rotatable bonds is 2. The van der Waals surface area contributed by atoms with Crippen LogP contribution in [0.25, 0.3) is 11.0 Å². The molecule has 0 amide bonds. The Morgan fingerprint density at radius 3 is 2.82 bits per heavy atom. The molecule has 0 radical (unpaired) electrons. The van der Waals surface area contributed by atoms with Gasteiger partial charge in [-0.2, -0.15) is 0 Å². The highest BCUT2D eigenvalue weighted by Gasteiger charge is 2.11. The van der Waals surface area contributed by atoms with Gasteiger partial charge in [0, 0.05) is 23.4 Å². The second-order valence-corrected chi connectivity index (χ2v) is 4.32. The fourth-order valence-electron chi connectivity index (χ4n) is 1.90. The zero-order valence-corrected chi connectivity index (χ0v) is 9.91. The van der Waals surface area contributed by atoms with Crippen LogP contribution in [0.5, 0.6) is 5.75 Å². The van der Waals surface area contributed by atoms with Crippen molar-refractivity contribution < 1.29 is 9.52 Å². The molecule has 2 rings (SSSR count). The summed E-state index contributed by atoms with van der Waals surface area (Å²) in [5, 5.41) is 10.7. The summed E-state index contributed by atoms with van der Waals surface area (Å²) < 4.78 is 5.20. The maximum absolute atomic E-state index is 11.4. The summed E-state index contributed by atoms with van der Waals surface area (Å²) in [4.78, 5) is 11.4. The summed E-state index contributed by atoms with van der Waals surface area (Å²) in [6, 6.07) is 4.82. The molecule has 1 N–H and O–H groups in total. The van der Waals surface area contributed by atoms with Gasteiger partial charge in [-0.1, -0.05) is 12.2 Å². The molecule has 0 fully saturated rings.